The zero-order chi connectivity index (χ0) is 19.2. The SMILES string of the molecule is C#CCNC(=O)CN1CCCN(C(=O)Cc2c[nH]c3cc(Cl)ccc23)CC1. The van der Waals surface area contributed by atoms with E-state index in [9.17, 15) is 9.59 Å². The number of aromatic amines is 1. The van der Waals surface area contributed by atoms with Crippen molar-refractivity contribution < 1.29 is 9.59 Å². The predicted octanol–water partition coefficient (Wildman–Crippen LogP) is 1.65. The Bertz CT molecular complexity index is 870. The van der Waals surface area contributed by atoms with Crippen LogP contribution >= 0.6 is 11.6 Å². The van der Waals surface area contributed by atoms with Crippen LogP contribution in [0.4, 0.5) is 0 Å². The third kappa shape index (κ3) is 5.03. The number of carbonyl (C=O) groups is 2. The zero-order valence-corrected chi connectivity index (χ0v) is 15.9. The number of halogens is 1. The summed E-state index contributed by atoms with van der Waals surface area (Å²) in [7, 11) is 0. The molecule has 1 aromatic carbocycles. The molecule has 1 aliphatic rings. The van der Waals surface area contributed by atoms with E-state index in [1.807, 2.05) is 29.3 Å². The van der Waals surface area contributed by atoms with Gasteiger partial charge in [-0.25, -0.2) is 0 Å². The minimum Gasteiger partial charge on any atom is -0.361 e. The zero-order valence-electron chi connectivity index (χ0n) is 15.1. The first-order valence-corrected chi connectivity index (χ1v) is 9.40. The van der Waals surface area contributed by atoms with Crippen LogP contribution in [0.5, 0.6) is 0 Å². The van der Waals surface area contributed by atoms with Crippen LogP contribution < -0.4 is 5.32 Å². The van der Waals surface area contributed by atoms with E-state index in [1.165, 1.54) is 0 Å². The van der Waals surface area contributed by atoms with Gasteiger partial charge in [0.05, 0.1) is 19.5 Å². The van der Waals surface area contributed by atoms with Gasteiger partial charge < -0.3 is 15.2 Å². The average Bonchev–Trinajstić information content (AvgIpc) is 2.88. The van der Waals surface area contributed by atoms with Gasteiger partial charge in [-0.05, 0) is 24.1 Å². The van der Waals surface area contributed by atoms with E-state index in [-0.39, 0.29) is 18.4 Å². The number of hydrogen-bond donors (Lipinski definition) is 2. The van der Waals surface area contributed by atoms with Gasteiger partial charge in [-0.15, -0.1) is 6.42 Å². The quantitative estimate of drug-likeness (QED) is 0.768. The predicted molar refractivity (Wildman–Crippen MR) is 106 cm³/mol. The van der Waals surface area contributed by atoms with Crippen molar-refractivity contribution in [1.82, 2.24) is 20.1 Å². The molecule has 142 valence electrons. The van der Waals surface area contributed by atoms with Crippen LogP contribution in [0.3, 0.4) is 0 Å². The third-order valence-corrected chi connectivity index (χ3v) is 5.00. The smallest absolute Gasteiger partial charge is 0.234 e. The van der Waals surface area contributed by atoms with Gasteiger partial charge in [0.1, 0.15) is 0 Å². The summed E-state index contributed by atoms with van der Waals surface area (Å²) >= 11 is 6.01. The number of rotatable bonds is 5. The maximum absolute atomic E-state index is 12.8. The molecule has 0 saturated carbocycles. The molecular formula is C20H23ClN4O2. The highest BCUT2D eigenvalue weighted by Gasteiger charge is 2.21. The molecule has 2 aromatic rings. The fraction of sp³-hybridized carbons (Fsp3) is 0.400. The lowest BCUT2D eigenvalue weighted by Crippen LogP contribution is -2.40. The van der Waals surface area contributed by atoms with E-state index in [4.69, 9.17) is 18.0 Å². The summed E-state index contributed by atoms with van der Waals surface area (Å²) in [5.74, 6) is 2.42. The summed E-state index contributed by atoms with van der Waals surface area (Å²) in [5, 5.41) is 4.36. The van der Waals surface area contributed by atoms with Crippen molar-refractivity contribution in [1.29, 1.82) is 0 Å². The van der Waals surface area contributed by atoms with Gasteiger partial charge in [0, 0.05) is 48.3 Å². The molecule has 0 radical (unpaired) electrons. The largest absolute Gasteiger partial charge is 0.361 e. The number of aromatic nitrogens is 1. The Morgan fingerprint density at radius 1 is 1.26 bits per heavy atom. The highest BCUT2D eigenvalue weighted by atomic mass is 35.5. The number of H-pyrrole nitrogens is 1. The van der Waals surface area contributed by atoms with Crippen LogP contribution in [-0.2, 0) is 16.0 Å². The van der Waals surface area contributed by atoms with Crippen molar-refractivity contribution in [2.45, 2.75) is 12.8 Å². The number of amides is 2. The molecule has 0 bridgehead atoms. The lowest BCUT2D eigenvalue weighted by molar-refractivity contribution is -0.130. The van der Waals surface area contributed by atoms with Crippen molar-refractivity contribution >= 4 is 34.3 Å². The van der Waals surface area contributed by atoms with Crippen molar-refractivity contribution in [3.63, 3.8) is 0 Å². The Balaban J connectivity index is 1.56. The Morgan fingerprint density at radius 3 is 2.93 bits per heavy atom. The number of carbonyl (C=O) groups excluding carboxylic acids is 2. The fourth-order valence-electron chi connectivity index (χ4n) is 3.37. The molecule has 0 unspecified atom stereocenters. The van der Waals surface area contributed by atoms with Crippen LogP contribution in [0.2, 0.25) is 5.02 Å². The van der Waals surface area contributed by atoms with E-state index in [0.29, 0.717) is 37.6 Å². The molecule has 1 saturated heterocycles. The lowest BCUT2D eigenvalue weighted by Gasteiger charge is -2.21. The summed E-state index contributed by atoms with van der Waals surface area (Å²) < 4.78 is 0. The molecule has 2 amide bonds. The molecule has 27 heavy (non-hydrogen) atoms. The maximum Gasteiger partial charge on any atom is 0.234 e. The summed E-state index contributed by atoms with van der Waals surface area (Å²) in [6.45, 7) is 3.35. The molecule has 0 spiro atoms. The first-order chi connectivity index (χ1) is 13.1. The second kappa shape index (κ2) is 8.94. The lowest BCUT2D eigenvalue weighted by atomic mass is 10.1. The fourth-order valence-corrected chi connectivity index (χ4v) is 3.54. The summed E-state index contributed by atoms with van der Waals surface area (Å²) in [6, 6.07) is 5.64. The molecule has 2 heterocycles. The van der Waals surface area contributed by atoms with Gasteiger partial charge in [0.2, 0.25) is 11.8 Å². The highest BCUT2D eigenvalue weighted by molar-refractivity contribution is 6.31. The number of nitrogens with one attached hydrogen (secondary N) is 2. The van der Waals surface area contributed by atoms with Gasteiger partial charge in [0.15, 0.2) is 0 Å². The Labute approximate surface area is 163 Å². The van der Waals surface area contributed by atoms with E-state index in [1.54, 1.807) is 0 Å². The van der Waals surface area contributed by atoms with Gasteiger partial charge in [0.25, 0.3) is 0 Å². The summed E-state index contributed by atoms with van der Waals surface area (Å²) in [6.07, 6.45) is 8.22. The van der Waals surface area contributed by atoms with Gasteiger partial charge >= 0.3 is 0 Å². The van der Waals surface area contributed by atoms with E-state index in [2.05, 4.69) is 21.1 Å². The van der Waals surface area contributed by atoms with Crippen LogP contribution in [0, 0.1) is 12.3 Å². The standard InChI is InChI=1S/C20H23ClN4O2/c1-2-6-22-19(26)14-24-7-3-8-25(10-9-24)20(27)11-15-13-23-18-12-16(21)4-5-17(15)18/h1,4-5,12-13,23H,3,6-11,14H2,(H,22,26). The van der Waals surface area contributed by atoms with Crippen LogP contribution in [0.1, 0.15) is 12.0 Å². The minimum absolute atomic E-state index is 0.0785. The molecule has 0 atom stereocenters. The van der Waals surface area contributed by atoms with E-state index < -0.39 is 0 Å². The minimum atomic E-state index is -0.0785. The first-order valence-electron chi connectivity index (χ1n) is 9.02. The van der Waals surface area contributed by atoms with Crippen molar-refractivity contribution in [2.24, 2.45) is 0 Å². The van der Waals surface area contributed by atoms with Crippen LogP contribution in [0.25, 0.3) is 10.9 Å². The van der Waals surface area contributed by atoms with Crippen LogP contribution in [-0.4, -0.2) is 65.9 Å². The summed E-state index contributed by atoms with van der Waals surface area (Å²) in [4.78, 5) is 31.7. The van der Waals surface area contributed by atoms with Crippen molar-refractivity contribution in [3.8, 4) is 12.3 Å². The van der Waals surface area contributed by atoms with E-state index >= 15 is 0 Å². The molecule has 3 rings (SSSR count). The molecule has 1 aliphatic heterocycles. The molecule has 7 heteroatoms. The Kier molecular flexibility index (Phi) is 6.38. The Morgan fingerprint density at radius 2 is 2.11 bits per heavy atom. The second-order valence-electron chi connectivity index (χ2n) is 6.67. The van der Waals surface area contributed by atoms with Crippen molar-refractivity contribution in [3.05, 3.63) is 35.0 Å². The molecule has 1 aromatic heterocycles. The Hall–Kier alpha value is -2.49. The number of nitrogens with zero attached hydrogens (tertiary/aromatic N) is 2. The maximum atomic E-state index is 12.8. The second-order valence-corrected chi connectivity index (χ2v) is 7.11. The van der Waals surface area contributed by atoms with Crippen molar-refractivity contribution in [2.75, 3.05) is 39.3 Å². The van der Waals surface area contributed by atoms with Gasteiger partial charge in [-0.1, -0.05) is 23.6 Å². The van der Waals surface area contributed by atoms with Gasteiger partial charge in [-0.2, -0.15) is 0 Å². The number of benzene rings is 1. The molecule has 0 aliphatic carbocycles. The number of fused-ring (bicyclic) bond motifs is 1. The van der Waals surface area contributed by atoms with Gasteiger partial charge in [-0.3, -0.25) is 14.5 Å². The molecular weight excluding hydrogens is 364 g/mol. The number of terminal acetylenes is 1. The monoisotopic (exact) mass is 386 g/mol. The van der Waals surface area contributed by atoms with E-state index in [0.717, 1.165) is 29.4 Å². The molecule has 6 nitrogen and oxygen atoms in total. The molecule has 2 N–H and O–H groups in total. The normalized spacial score (nSPS) is 15.3. The van der Waals surface area contributed by atoms with Crippen LogP contribution in [0.15, 0.2) is 24.4 Å². The first kappa shape index (κ1) is 19.3. The summed E-state index contributed by atoms with van der Waals surface area (Å²) in [5.41, 5.74) is 1.91. The average molecular weight is 387 g/mol. The third-order valence-electron chi connectivity index (χ3n) is 4.77. The highest BCUT2D eigenvalue weighted by Crippen LogP contribution is 2.23. The topological polar surface area (TPSA) is 68.4 Å². The number of hydrogen-bond acceptors (Lipinski definition) is 3. The molecule has 1 fully saturated rings.